The van der Waals surface area contributed by atoms with Gasteiger partial charge in [-0.15, -0.1) is 0 Å². The van der Waals surface area contributed by atoms with Crippen LogP contribution in [0.5, 0.6) is 0 Å². The van der Waals surface area contributed by atoms with Gasteiger partial charge in [-0.05, 0) is 73.4 Å². The van der Waals surface area contributed by atoms with Crippen molar-refractivity contribution in [2.24, 2.45) is 10.9 Å². The van der Waals surface area contributed by atoms with E-state index < -0.39 is 0 Å². The Morgan fingerprint density at radius 2 is 1.85 bits per heavy atom. The maximum atomic E-state index is 15.4. The molecule has 0 radical (unpaired) electrons. The standard InChI is InChI=1S/C27H30FN5O/c1-16(31-26-29-8-9-30-26)20-10-23(19-6-7-19)25(24(28)11-20)33-22-5-3-4-21(12-22)32-17(2)27-13-18(14-27)15-34-27/h3-5,10-12,18-19,32-33H,1-2,6-9,13-15H2,(H2,29,30,31). The Balaban J connectivity index is 1.23. The van der Waals surface area contributed by atoms with Crippen LogP contribution in [0.4, 0.5) is 21.5 Å². The molecule has 6 nitrogen and oxygen atoms in total. The first-order chi connectivity index (χ1) is 16.5. The molecule has 7 rings (SSSR count). The zero-order valence-electron chi connectivity index (χ0n) is 19.2. The van der Waals surface area contributed by atoms with E-state index in [1.165, 1.54) is 6.07 Å². The number of hydrogen-bond donors (Lipinski definition) is 4. The average molecular weight is 460 g/mol. The Morgan fingerprint density at radius 1 is 1.09 bits per heavy atom. The van der Waals surface area contributed by atoms with E-state index in [1.807, 2.05) is 30.3 Å². The second kappa shape index (κ2) is 8.17. The van der Waals surface area contributed by atoms with E-state index in [0.717, 1.165) is 68.0 Å². The van der Waals surface area contributed by atoms with Crippen LogP contribution in [0.25, 0.3) is 5.70 Å². The Hall–Kier alpha value is -3.32. The SMILES string of the molecule is C=C(N=C1NCCN1)c1cc(F)c(Nc2cccc(NC(=C)C34CC(CO3)C4)c2)c(C2CC2)c1. The quantitative estimate of drug-likeness (QED) is 0.444. The molecule has 0 spiro atoms. The summed E-state index contributed by atoms with van der Waals surface area (Å²) >= 11 is 0. The summed E-state index contributed by atoms with van der Waals surface area (Å²) in [4.78, 5) is 4.49. The summed E-state index contributed by atoms with van der Waals surface area (Å²) in [5, 5.41) is 13.1. The molecule has 3 heterocycles. The molecule has 5 aliphatic rings. The second-order valence-corrected chi connectivity index (χ2v) is 9.85. The molecule has 5 fully saturated rings. The maximum Gasteiger partial charge on any atom is 0.196 e. The third-order valence-corrected chi connectivity index (χ3v) is 7.24. The van der Waals surface area contributed by atoms with Gasteiger partial charge in [-0.2, -0.15) is 0 Å². The van der Waals surface area contributed by atoms with Crippen molar-refractivity contribution in [3.63, 3.8) is 0 Å². The monoisotopic (exact) mass is 459 g/mol. The van der Waals surface area contributed by atoms with Crippen molar-refractivity contribution < 1.29 is 9.13 Å². The first-order valence-electron chi connectivity index (χ1n) is 12.1. The highest BCUT2D eigenvalue weighted by molar-refractivity contribution is 5.87. The molecule has 0 amide bonds. The fourth-order valence-corrected chi connectivity index (χ4v) is 5.17. The van der Waals surface area contributed by atoms with Gasteiger partial charge in [-0.1, -0.05) is 19.2 Å². The number of ether oxygens (including phenoxy) is 1. The lowest BCUT2D eigenvalue weighted by Gasteiger charge is -2.38. The van der Waals surface area contributed by atoms with Crippen molar-refractivity contribution >= 4 is 28.7 Å². The summed E-state index contributed by atoms with van der Waals surface area (Å²) in [7, 11) is 0. The maximum absolute atomic E-state index is 15.4. The molecule has 2 aromatic rings. The molecule has 0 atom stereocenters. The van der Waals surface area contributed by atoms with Gasteiger partial charge < -0.3 is 26.0 Å². The largest absolute Gasteiger partial charge is 0.368 e. The molecule has 2 saturated carbocycles. The molecule has 4 N–H and O–H groups in total. The number of guanidine groups is 1. The molecule has 34 heavy (non-hydrogen) atoms. The zero-order chi connectivity index (χ0) is 23.3. The Bertz CT molecular complexity index is 1180. The predicted octanol–water partition coefficient (Wildman–Crippen LogP) is 5.07. The van der Waals surface area contributed by atoms with E-state index in [4.69, 9.17) is 4.74 Å². The van der Waals surface area contributed by atoms with Crippen LogP contribution in [-0.4, -0.2) is 31.3 Å². The molecule has 3 aliphatic heterocycles. The van der Waals surface area contributed by atoms with Crippen molar-refractivity contribution in [3.05, 3.63) is 72.2 Å². The fourth-order valence-electron chi connectivity index (χ4n) is 5.17. The second-order valence-electron chi connectivity index (χ2n) is 9.85. The number of anilines is 3. The van der Waals surface area contributed by atoms with Crippen molar-refractivity contribution in [3.8, 4) is 0 Å². The first-order valence-corrected chi connectivity index (χ1v) is 12.1. The van der Waals surface area contributed by atoms with Gasteiger partial charge >= 0.3 is 0 Å². The number of aliphatic imine (C=N–C) groups is 1. The van der Waals surface area contributed by atoms with E-state index in [0.29, 0.717) is 34.7 Å². The number of rotatable bonds is 8. The molecule has 2 aromatic carbocycles. The molecule has 7 heteroatoms. The minimum absolute atomic E-state index is 0.218. The van der Waals surface area contributed by atoms with Gasteiger partial charge in [0.2, 0.25) is 0 Å². The van der Waals surface area contributed by atoms with Gasteiger partial charge in [0, 0.05) is 35.7 Å². The predicted molar refractivity (Wildman–Crippen MR) is 135 cm³/mol. The third-order valence-electron chi connectivity index (χ3n) is 7.24. The van der Waals surface area contributed by atoms with Crippen molar-refractivity contribution in [1.29, 1.82) is 0 Å². The summed E-state index contributed by atoms with van der Waals surface area (Å²) in [5.41, 5.74) is 5.17. The van der Waals surface area contributed by atoms with E-state index in [1.54, 1.807) is 0 Å². The van der Waals surface area contributed by atoms with Crippen molar-refractivity contribution in [2.45, 2.75) is 37.2 Å². The lowest BCUT2D eigenvalue weighted by molar-refractivity contribution is 0.0388. The lowest BCUT2D eigenvalue weighted by Crippen LogP contribution is -2.40. The normalized spacial score (nSPS) is 24.6. The van der Waals surface area contributed by atoms with Gasteiger partial charge in [0.15, 0.2) is 5.96 Å². The molecule has 0 unspecified atom stereocenters. The smallest absolute Gasteiger partial charge is 0.196 e. The zero-order valence-corrected chi connectivity index (χ0v) is 19.2. The summed E-state index contributed by atoms with van der Waals surface area (Å²) in [6.07, 6.45) is 4.21. The van der Waals surface area contributed by atoms with E-state index in [2.05, 4.69) is 39.4 Å². The Morgan fingerprint density at radius 3 is 2.56 bits per heavy atom. The third kappa shape index (κ3) is 3.94. The minimum atomic E-state index is -0.297. The highest BCUT2D eigenvalue weighted by Gasteiger charge is 2.53. The molecule has 0 aromatic heterocycles. The Kier molecular flexibility index (Phi) is 5.10. The molecule has 3 saturated heterocycles. The van der Waals surface area contributed by atoms with E-state index in [9.17, 15) is 0 Å². The molecule has 176 valence electrons. The van der Waals surface area contributed by atoms with Crippen LogP contribution >= 0.6 is 0 Å². The average Bonchev–Trinajstić information content (AvgIpc) is 3.18. The van der Waals surface area contributed by atoms with Crippen LogP contribution in [0.3, 0.4) is 0 Å². The molecule has 2 bridgehead atoms. The number of hydrogen-bond acceptors (Lipinski definition) is 4. The van der Waals surface area contributed by atoms with Gasteiger partial charge in [0.05, 0.1) is 18.0 Å². The number of benzene rings is 2. The van der Waals surface area contributed by atoms with Crippen LogP contribution in [0.2, 0.25) is 0 Å². The summed E-state index contributed by atoms with van der Waals surface area (Å²) in [5.74, 6) is 1.42. The van der Waals surface area contributed by atoms with Gasteiger partial charge in [-0.25, -0.2) is 9.38 Å². The fraction of sp³-hybridized carbons (Fsp3) is 0.370. The number of nitrogens with zero attached hydrogens (tertiary/aromatic N) is 1. The molecular weight excluding hydrogens is 429 g/mol. The highest BCUT2D eigenvalue weighted by atomic mass is 19.1. The molecule has 2 aliphatic carbocycles. The van der Waals surface area contributed by atoms with Crippen LogP contribution in [0.1, 0.15) is 42.7 Å². The van der Waals surface area contributed by atoms with Gasteiger partial charge in [-0.3, -0.25) is 0 Å². The van der Waals surface area contributed by atoms with Gasteiger partial charge in [0.1, 0.15) is 11.4 Å². The van der Waals surface area contributed by atoms with Crippen LogP contribution in [0, 0.1) is 11.7 Å². The lowest BCUT2D eigenvalue weighted by atomic mass is 9.73. The van der Waals surface area contributed by atoms with Crippen LogP contribution in [-0.2, 0) is 4.74 Å². The van der Waals surface area contributed by atoms with Crippen LogP contribution < -0.4 is 21.3 Å². The summed E-state index contributed by atoms with van der Waals surface area (Å²) in [6.45, 7) is 10.8. The number of nitrogens with one attached hydrogen (secondary N) is 4. The highest BCUT2D eigenvalue weighted by Crippen LogP contribution is 2.52. The number of fused-ring (bicyclic) bond motifs is 1. The summed E-state index contributed by atoms with van der Waals surface area (Å²) < 4.78 is 21.4. The number of halogens is 1. The minimum Gasteiger partial charge on any atom is -0.368 e. The Labute approximate surface area is 199 Å². The van der Waals surface area contributed by atoms with Gasteiger partial charge in [0.25, 0.3) is 0 Å². The van der Waals surface area contributed by atoms with Crippen molar-refractivity contribution in [1.82, 2.24) is 10.6 Å². The first kappa shape index (κ1) is 21.2. The van der Waals surface area contributed by atoms with E-state index in [-0.39, 0.29) is 11.4 Å². The molecular formula is C27H30FN5O. The topological polar surface area (TPSA) is 69.7 Å². The van der Waals surface area contributed by atoms with Crippen LogP contribution in [0.15, 0.2) is 60.2 Å². The van der Waals surface area contributed by atoms with E-state index >= 15 is 4.39 Å². The van der Waals surface area contributed by atoms with Crippen molar-refractivity contribution in [2.75, 3.05) is 30.3 Å². The summed E-state index contributed by atoms with van der Waals surface area (Å²) in [6, 6.07) is 11.4.